The molecular formula is C18H27N3O. The van der Waals surface area contributed by atoms with E-state index in [1.165, 1.54) is 32.4 Å². The molecule has 0 radical (unpaired) electrons. The fourth-order valence-electron chi connectivity index (χ4n) is 2.70. The lowest BCUT2D eigenvalue weighted by Gasteiger charge is -2.25. The first-order valence-corrected chi connectivity index (χ1v) is 8.52. The van der Waals surface area contributed by atoms with Gasteiger partial charge in [-0.05, 0) is 38.9 Å². The van der Waals surface area contributed by atoms with Crippen LogP contribution in [0, 0.1) is 0 Å². The maximum Gasteiger partial charge on any atom is 0.227 e. The van der Waals surface area contributed by atoms with Crippen LogP contribution in [0.25, 0.3) is 11.4 Å². The van der Waals surface area contributed by atoms with Crippen LogP contribution in [0.3, 0.4) is 0 Å². The van der Waals surface area contributed by atoms with Crippen LogP contribution in [0.5, 0.6) is 0 Å². The van der Waals surface area contributed by atoms with E-state index in [9.17, 15) is 0 Å². The summed E-state index contributed by atoms with van der Waals surface area (Å²) in [6.45, 7) is 7.64. The van der Waals surface area contributed by atoms with E-state index in [0.717, 1.165) is 30.8 Å². The van der Waals surface area contributed by atoms with Gasteiger partial charge in [-0.25, -0.2) is 0 Å². The molecule has 0 spiro atoms. The Labute approximate surface area is 133 Å². The fraction of sp³-hybridized carbons (Fsp3) is 0.556. The summed E-state index contributed by atoms with van der Waals surface area (Å²) < 4.78 is 5.33. The molecule has 1 aliphatic heterocycles. The van der Waals surface area contributed by atoms with E-state index in [4.69, 9.17) is 4.52 Å². The number of piperidine rings is 1. The van der Waals surface area contributed by atoms with Gasteiger partial charge in [0.1, 0.15) is 0 Å². The number of hydrogen-bond acceptors (Lipinski definition) is 4. The van der Waals surface area contributed by atoms with Crippen LogP contribution < -0.4 is 0 Å². The van der Waals surface area contributed by atoms with Crippen molar-refractivity contribution in [3.8, 4) is 11.4 Å². The first-order valence-electron chi connectivity index (χ1n) is 8.52. The Bertz CT molecular complexity index is 518. The zero-order valence-electron chi connectivity index (χ0n) is 13.8. The van der Waals surface area contributed by atoms with Gasteiger partial charge in [-0.15, -0.1) is 0 Å². The molecule has 1 aliphatic rings. The van der Waals surface area contributed by atoms with Crippen molar-refractivity contribution in [2.24, 2.45) is 0 Å². The molecule has 1 aromatic heterocycles. The molecule has 120 valence electrons. The van der Waals surface area contributed by atoms with Crippen molar-refractivity contribution in [3.05, 3.63) is 36.2 Å². The summed E-state index contributed by atoms with van der Waals surface area (Å²) in [6, 6.07) is 9.97. The molecule has 2 aromatic rings. The van der Waals surface area contributed by atoms with Crippen LogP contribution in [0.4, 0.5) is 0 Å². The Morgan fingerprint density at radius 2 is 1.77 bits per heavy atom. The average molecular weight is 301 g/mol. The summed E-state index contributed by atoms with van der Waals surface area (Å²) in [4.78, 5) is 7.01. The second-order valence-electron chi connectivity index (χ2n) is 5.38. The molecule has 0 bridgehead atoms. The van der Waals surface area contributed by atoms with Gasteiger partial charge < -0.3 is 9.42 Å². The third-order valence-electron chi connectivity index (χ3n) is 3.81. The number of benzene rings is 1. The van der Waals surface area contributed by atoms with Crippen molar-refractivity contribution in [3.63, 3.8) is 0 Å². The molecular weight excluding hydrogens is 274 g/mol. The summed E-state index contributed by atoms with van der Waals surface area (Å²) in [7, 11) is 0. The van der Waals surface area contributed by atoms with Crippen molar-refractivity contribution in [1.82, 2.24) is 15.0 Å². The first-order chi connectivity index (χ1) is 10.9. The molecule has 0 unspecified atom stereocenters. The summed E-state index contributed by atoms with van der Waals surface area (Å²) >= 11 is 0. The molecule has 0 saturated carbocycles. The predicted octanol–water partition coefficient (Wildman–Crippen LogP) is 4.18. The molecule has 3 rings (SSSR count). The average Bonchev–Trinajstić information content (AvgIpc) is 3.07. The lowest BCUT2D eigenvalue weighted by molar-refractivity contribution is 0.223. The van der Waals surface area contributed by atoms with Crippen LogP contribution in [0.15, 0.2) is 34.9 Å². The van der Waals surface area contributed by atoms with Crippen LogP contribution >= 0.6 is 0 Å². The fourth-order valence-corrected chi connectivity index (χ4v) is 2.70. The summed E-state index contributed by atoms with van der Waals surface area (Å²) in [5, 5.41) is 4.05. The highest BCUT2D eigenvalue weighted by Gasteiger charge is 2.11. The van der Waals surface area contributed by atoms with Crippen molar-refractivity contribution < 1.29 is 4.52 Å². The highest BCUT2D eigenvalue weighted by molar-refractivity contribution is 5.53. The predicted molar refractivity (Wildman–Crippen MR) is 89.7 cm³/mol. The van der Waals surface area contributed by atoms with Gasteiger partial charge >= 0.3 is 0 Å². The minimum absolute atomic E-state index is 0.693. The Kier molecular flexibility index (Phi) is 7.10. The van der Waals surface area contributed by atoms with Crippen molar-refractivity contribution in [1.29, 1.82) is 0 Å². The highest BCUT2D eigenvalue weighted by Crippen LogP contribution is 2.16. The molecule has 0 atom stereocenters. The molecule has 0 N–H and O–H groups in total. The van der Waals surface area contributed by atoms with Gasteiger partial charge in [-0.1, -0.05) is 55.8 Å². The molecule has 2 heterocycles. The second-order valence-corrected chi connectivity index (χ2v) is 5.38. The van der Waals surface area contributed by atoms with Crippen molar-refractivity contribution >= 4 is 0 Å². The molecule has 0 aliphatic carbocycles. The van der Waals surface area contributed by atoms with Gasteiger partial charge in [-0.2, -0.15) is 4.98 Å². The third-order valence-corrected chi connectivity index (χ3v) is 3.81. The van der Waals surface area contributed by atoms with E-state index in [2.05, 4.69) is 15.0 Å². The molecule has 1 aromatic carbocycles. The molecule has 22 heavy (non-hydrogen) atoms. The summed E-state index contributed by atoms with van der Waals surface area (Å²) in [5.41, 5.74) is 1.01. The maximum atomic E-state index is 5.33. The maximum absolute atomic E-state index is 5.33. The first kappa shape index (κ1) is 16.7. The summed E-state index contributed by atoms with van der Waals surface area (Å²) in [5.74, 6) is 1.44. The van der Waals surface area contributed by atoms with E-state index in [0.29, 0.717) is 5.82 Å². The zero-order chi connectivity index (χ0) is 15.6. The number of rotatable bonds is 5. The van der Waals surface area contributed by atoms with Crippen LogP contribution in [-0.2, 0) is 6.42 Å². The zero-order valence-corrected chi connectivity index (χ0v) is 13.8. The Balaban J connectivity index is 0.000000847. The van der Waals surface area contributed by atoms with E-state index in [-0.39, 0.29) is 0 Å². The monoisotopic (exact) mass is 301 g/mol. The molecule has 4 heteroatoms. The van der Waals surface area contributed by atoms with Crippen molar-refractivity contribution in [2.75, 3.05) is 19.6 Å². The van der Waals surface area contributed by atoms with E-state index < -0.39 is 0 Å². The van der Waals surface area contributed by atoms with Crippen LogP contribution in [0.2, 0.25) is 0 Å². The molecule has 1 saturated heterocycles. The lowest BCUT2D eigenvalue weighted by atomic mass is 10.1. The van der Waals surface area contributed by atoms with Crippen LogP contribution in [0.1, 0.15) is 45.4 Å². The van der Waals surface area contributed by atoms with Gasteiger partial charge in [0.2, 0.25) is 11.7 Å². The molecule has 1 fully saturated rings. The highest BCUT2D eigenvalue weighted by atomic mass is 16.5. The third kappa shape index (κ3) is 4.95. The van der Waals surface area contributed by atoms with Gasteiger partial charge in [-0.3, -0.25) is 0 Å². The Hall–Kier alpha value is -1.68. The Morgan fingerprint density at radius 1 is 1.05 bits per heavy atom. The quantitative estimate of drug-likeness (QED) is 0.830. The number of likely N-dealkylation sites (tertiary alicyclic amines) is 1. The van der Waals surface area contributed by atoms with E-state index in [1.807, 2.05) is 44.2 Å². The smallest absolute Gasteiger partial charge is 0.227 e. The van der Waals surface area contributed by atoms with Gasteiger partial charge in [0.25, 0.3) is 0 Å². The number of nitrogens with zero attached hydrogens (tertiary/aromatic N) is 3. The standard InChI is InChI=1S/C16H21N3O.C2H6/c1-3-8-14(9-4-1)16-17-15(20-18-16)10-7-13-19-11-5-2-6-12-19;1-2/h1,3-4,8-9H,2,5-7,10-13H2;1-2H3. The molecule has 0 amide bonds. The van der Waals surface area contributed by atoms with Gasteiger partial charge in [0, 0.05) is 12.0 Å². The van der Waals surface area contributed by atoms with Gasteiger partial charge in [0.15, 0.2) is 0 Å². The van der Waals surface area contributed by atoms with Crippen molar-refractivity contribution in [2.45, 2.75) is 46.0 Å². The Morgan fingerprint density at radius 3 is 2.50 bits per heavy atom. The largest absolute Gasteiger partial charge is 0.339 e. The van der Waals surface area contributed by atoms with Gasteiger partial charge in [0.05, 0.1) is 0 Å². The SMILES string of the molecule is CC.c1ccc(-c2noc(CCCN3CCCCC3)n2)cc1. The summed E-state index contributed by atoms with van der Waals surface area (Å²) in [6.07, 6.45) is 6.05. The minimum atomic E-state index is 0.693. The van der Waals surface area contributed by atoms with E-state index >= 15 is 0 Å². The number of hydrogen-bond donors (Lipinski definition) is 0. The topological polar surface area (TPSA) is 42.2 Å². The number of aryl methyl sites for hydroxylation is 1. The van der Waals surface area contributed by atoms with Crippen LogP contribution in [-0.4, -0.2) is 34.7 Å². The van der Waals surface area contributed by atoms with E-state index in [1.54, 1.807) is 0 Å². The normalized spacial score (nSPS) is 15.2. The minimum Gasteiger partial charge on any atom is -0.339 e. The lowest BCUT2D eigenvalue weighted by Crippen LogP contribution is -2.30. The number of aromatic nitrogens is 2. The second kappa shape index (κ2) is 9.36. The molecule has 4 nitrogen and oxygen atoms in total.